The number of amides is 1. The molecule has 7 heteroatoms. The Kier molecular flexibility index (Phi) is 6.10. The highest BCUT2D eigenvalue weighted by atomic mass is 35.5. The molecule has 146 valence electrons. The normalized spacial score (nSPS) is 11.5. The smallest absolute Gasteiger partial charge is 0.234 e. The second-order valence-corrected chi connectivity index (χ2v) is 8.86. The fourth-order valence-electron chi connectivity index (χ4n) is 2.69. The Morgan fingerprint density at radius 1 is 1.11 bits per heavy atom. The van der Waals surface area contributed by atoms with Crippen LogP contribution in [0.1, 0.15) is 26.3 Å². The quantitative estimate of drug-likeness (QED) is 0.585. The number of halogens is 1. The van der Waals surface area contributed by atoms with Crippen molar-refractivity contribution in [1.82, 2.24) is 14.8 Å². The summed E-state index contributed by atoms with van der Waals surface area (Å²) < 4.78 is 1.90. The third kappa shape index (κ3) is 4.75. The molecule has 0 atom stereocenters. The first-order chi connectivity index (χ1) is 13.3. The van der Waals surface area contributed by atoms with Crippen LogP contribution in [0, 0.1) is 0 Å². The lowest BCUT2D eigenvalue weighted by Crippen LogP contribution is -2.14. The van der Waals surface area contributed by atoms with Crippen molar-refractivity contribution in [3.8, 4) is 11.4 Å². The monoisotopic (exact) mass is 414 g/mol. The molecule has 1 amide bonds. The first kappa shape index (κ1) is 20.4. The van der Waals surface area contributed by atoms with E-state index >= 15 is 0 Å². The van der Waals surface area contributed by atoms with E-state index in [0.29, 0.717) is 15.9 Å². The van der Waals surface area contributed by atoms with Crippen molar-refractivity contribution in [3.63, 3.8) is 0 Å². The SMILES string of the molecule is Cn1c(SCC(=O)Nc2ccccc2Cl)nnc1-c1ccc(C(C)(C)C)cc1. The van der Waals surface area contributed by atoms with Gasteiger partial charge in [-0.25, -0.2) is 0 Å². The molecule has 3 rings (SSSR count). The number of carbonyl (C=O) groups is 1. The van der Waals surface area contributed by atoms with E-state index in [-0.39, 0.29) is 17.1 Å². The molecular formula is C21H23ClN4OS. The Morgan fingerprint density at radius 2 is 1.79 bits per heavy atom. The maximum absolute atomic E-state index is 12.2. The van der Waals surface area contributed by atoms with Gasteiger partial charge >= 0.3 is 0 Å². The van der Waals surface area contributed by atoms with Crippen LogP contribution in [0.2, 0.25) is 5.02 Å². The average molecular weight is 415 g/mol. The van der Waals surface area contributed by atoms with Crippen molar-refractivity contribution >= 4 is 35.0 Å². The summed E-state index contributed by atoms with van der Waals surface area (Å²) in [6.45, 7) is 6.56. The Labute approximate surface area is 174 Å². The molecule has 0 fully saturated rings. The first-order valence-electron chi connectivity index (χ1n) is 8.93. The van der Waals surface area contributed by atoms with Gasteiger partial charge in [0, 0.05) is 12.6 Å². The molecule has 0 aliphatic heterocycles. The highest BCUT2D eigenvalue weighted by molar-refractivity contribution is 7.99. The summed E-state index contributed by atoms with van der Waals surface area (Å²) in [5.74, 6) is 0.854. The number of hydrogen-bond donors (Lipinski definition) is 1. The Morgan fingerprint density at radius 3 is 2.43 bits per heavy atom. The van der Waals surface area contributed by atoms with Crippen LogP contribution in [0.15, 0.2) is 53.7 Å². The van der Waals surface area contributed by atoms with E-state index in [0.717, 1.165) is 11.4 Å². The minimum absolute atomic E-state index is 0.106. The van der Waals surface area contributed by atoms with Gasteiger partial charge in [-0.3, -0.25) is 4.79 Å². The van der Waals surface area contributed by atoms with E-state index in [2.05, 4.69) is 60.6 Å². The van der Waals surface area contributed by atoms with Crippen LogP contribution in [-0.2, 0) is 17.3 Å². The molecular weight excluding hydrogens is 392 g/mol. The van der Waals surface area contributed by atoms with E-state index in [1.165, 1.54) is 17.3 Å². The summed E-state index contributed by atoms with van der Waals surface area (Å²) in [6, 6.07) is 15.5. The second kappa shape index (κ2) is 8.37. The fraction of sp³-hybridized carbons (Fsp3) is 0.286. The number of thioether (sulfide) groups is 1. The maximum Gasteiger partial charge on any atom is 0.234 e. The van der Waals surface area contributed by atoms with Crippen LogP contribution in [-0.4, -0.2) is 26.4 Å². The van der Waals surface area contributed by atoms with Crippen LogP contribution in [0.25, 0.3) is 11.4 Å². The molecule has 3 aromatic rings. The third-order valence-electron chi connectivity index (χ3n) is 4.32. The highest BCUT2D eigenvalue weighted by Gasteiger charge is 2.16. The van der Waals surface area contributed by atoms with Crippen molar-refractivity contribution in [2.24, 2.45) is 7.05 Å². The van der Waals surface area contributed by atoms with Crippen LogP contribution in [0.5, 0.6) is 0 Å². The van der Waals surface area contributed by atoms with Crippen LogP contribution < -0.4 is 5.32 Å². The molecule has 0 bridgehead atoms. The average Bonchev–Trinajstić information content (AvgIpc) is 3.02. The molecule has 0 radical (unpaired) electrons. The Balaban J connectivity index is 1.66. The molecule has 5 nitrogen and oxygen atoms in total. The topological polar surface area (TPSA) is 59.8 Å². The van der Waals surface area contributed by atoms with Gasteiger partial charge in [-0.15, -0.1) is 10.2 Å². The highest BCUT2D eigenvalue weighted by Crippen LogP contribution is 2.27. The molecule has 0 saturated carbocycles. The minimum Gasteiger partial charge on any atom is -0.324 e. The predicted molar refractivity (Wildman–Crippen MR) is 116 cm³/mol. The largest absolute Gasteiger partial charge is 0.324 e. The van der Waals surface area contributed by atoms with Crippen molar-refractivity contribution in [1.29, 1.82) is 0 Å². The molecule has 0 unspecified atom stereocenters. The third-order valence-corrected chi connectivity index (χ3v) is 5.67. The molecule has 28 heavy (non-hydrogen) atoms. The lowest BCUT2D eigenvalue weighted by molar-refractivity contribution is -0.113. The van der Waals surface area contributed by atoms with Gasteiger partial charge in [-0.05, 0) is 23.1 Å². The van der Waals surface area contributed by atoms with Gasteiger partial charge in [-0.2, -0.15) is 0 Å². The summed E-state index contributed by atoms with van der Waals surface area (Å²) in [4.78, 5) is 12.2. The molecule has 1 aromatic heterocycles. The van der Waals surface area contributed by atoms with Crippen LogP contribution in [0.3, 0.4) is 0 Å². The first-order valence-corrected chi connectivity index (χ1v) is 10.3. The second-order valence-electron chi connectivity index (χ2n) is 7.51. The number of carbonyl (C=O) groups excluding carboxylic acids is 1. The van der Waals surface area contributed by atoms with Crippen molar-refractivity contribution in [2.45, 2.75) is 31.3 Å². The molecule has 1 N–H and O–H groups in total. The summed E-state index contributed by atoms with van der Waals surface area (Å²) in [7, 11) is 1.90. The number of nitrogens with zero attached hydrogens (tertiary/aromatic N) is 3. The lowest BCUT2D eigenvalue weighted by atomic mass is 9.87. The number of aromatic nitrogens is 3. The van der Waals surface area contributed by atoms with Gasteiger partial charge in [-0.1, -0.05) is 80.5 Å². The van der Waals surface area contributed by atoms with Gasteiger partial charge in [0.15, 0.2) is 11.0 Å². The van der Waals surface area contributed by atoms with Crippen LogP contribution >= 0.6 is 23.4 Å². The number of anilines is 1. The zero-order valence-corrected chi connectivity index (χ0v) is 17.9. The molecule has 0 saturated heterocycles. The molecule has 0 aliphatic carbocycles. The van der Waals surface area contributed by atoms with Gasteiger partial charge < -0.3 is 9.88 Å². The zero-order chi connectivity index (χ0) is 20.3. The number of benzene rings is 2. The van der Waals surface area contributed by atoms with E-state index in [4.69, 9.17) is 11.6 Å². The Bertz CT molecular complexity index is 977. The summed E-state index contributed by atoms with van der Waals surface area (Å²) in [5, 5.41) is 12.5. The minimum atomic E-state index is -0.141. The van der Waals surface area contributed by atoms with Crippen LogP contribution in [0.4, 0.5) is 5.69 Å². The van der Waals surface area contributed by atoms with Gasteiger partial charge in [0.1, 0.15) is 0 Å². The van der Waals surface area contributed by atoms with E-state index in [1.54, 1.807) is 12.1 Å². The lowest BCUT2D eigenvalue weighted by Gasteiger charge is -2.19. The molecule has 2 aromatic carbocycles. The number of hydrogen-bond acceptors (Lipinski definition) is 4. The molecule has 0 spiro atoms. The Hall–Kier alpha value is -2.31. The standard InChI is InChI=1S/C21H23ClN4OS/c1-21(2,3)15-11-9-14(10-12-15)19-24-25-20(26(19)4)28-13-18(27)23-17-8-6-5-7-16(17)22/h5-12H,13H2,1-4H3,(H,23,27). The summed E-state index contributed by atoms with van der Waals surface area (Å²) in [6.07, 6.45) is 0. The predicted octanol–water partition coefficient (Wildman–Crippen LogP) is 5.16. The van der Waals surface area contributed by atoms with Gasteiger partial charge in [0.25, 0.3) is 0 Å². The molecule has 0 aliphatic rings. The maximum atomic E-state index is 12.2. The van der Waals surface area contributed by atoms with Crippen molar-refractivity contribution < 1.29 is 4.79 Å². The van der Waals surface area contributed by atoms with Gasteiger partial charge in [0.05, 0.1) is 16.5 Å². The summed E-state index contributed by atoms with van der Waals surface area (Å²) >= 11 is 7.41. The summed E-state index contributed by atoms with van der Waals surface area (Å²) in [5.41, 5.74) is 2.97. The number of para-hydroxylation sites is 1. The van der Waals surface area contributed by atoms with Crippen molar-refractivity contribution in [2.75, 3.05) is 11.1 Å². The zero-order valence-electron chi connectivity index (χ0n) is 16.4. The number of nitrogens with one attached hydrogen (secondary N) is 1. The fourth-order valence-corrected chi connectivity index (χ4v) is 3.58. The van der Waals surface area contributed by atoms with E-state index in [9.17, 15) is 4.79 Å². The van der Waals surface area contributed by atoms with Gasteiger partial charge in [0.2, 0.25) is 5.91 Å². The van der Waals surface area contributed by atoms with E-state index in [1.807, 2.05) is 23.7 Å². The van der Waals surface area contributed by atoms with E-state index < -0.39 is 0 Å². The molecule has 1 heterocycles. The number of rotatable bonds is 5. The van der Waals surface area contributed by atoms with Crippen molar-refractivity contribution in [3.05, 3.63) is 59.1 Å².